The van der Waals surface area contributed by atoms with Crippen LogP contribution in [0.15, 0.2) is 42.7 Å². The van der Waals surface area contributed by atoms with Crippen LogP contribution < -0.4 is 5.32 Å². The Morgan fingerprint density at radius 3 is 2.81 bits per heavy atom. The molecule has 7 heteroatoms. The van der Waals surface area contributed by atoms with Gasteiger partial charge in [-0.1, -0.05) is 25.5 Å². The predicted octanol–water partition coefficient (Wildman–Crippen LogP) is 3.13. The first kappa shape index (κ1) is 18.6. The molecule has 3 rings (SSSR count). The fourth-order valence-corrected chi connectivity index (χ4v) is 2.95. The highest BCUT2D eigenvalue weighted by Crippen LogP contribution is 2.24. The molecule has 3 aromatic rings. The number of anilines is 1. The van der Waals surface area contributed by atoms with Gasteiger partial charge in [0.25, 0.3) is 5.91 Å². The Kier molecular flexibility index (Phi) is 5.80. The first-order chi connectivity index (χ1) is 13.1. The summed E-state index contributed by atoms with van der Waals surface area (Å²) in [5, 5.41) is 10.3. The molecule has 0 saturated carbocycles. The maximum absolute atomic E-state index is 12.9. The summed E-state index contributed by atoms with van der Waals surface area (Å²) in [6.07, 6.45) is 5.25. The zero-order chi connectivity index (χ0) is 19.2. The second-order valence-corrected chi connectivity index (χ2v) is 6.38. The maximum Gasteiger partial charge on any atom is 0.253 e. The van der Waals surface area contributed by atoms with Crippen molar-refractivity contribution in [2.45, 2.75) is 26.3 Å². The van der Waals surface area contributed by atoms with Crippen LogP contribution in [0.5, 0.6) is 0 Å². The second kappa shape index (κ2) is 8.44. The number of carbonyl (C=O) groups is 1. The van der Waals surface area contributed by atoms with Crippen molar-refractivity contribution in [3.05, 3.63) is 59.7 Å². The summed E-state index contributed by atoms with van der Waals surface area (Å²) in [7, 11) is 3.59. The van der Waals surface area contributed by atoms with Crippen LogP contribution in [-0.2, 0) is 13.0 Å². The molecule has 0 aliphatic rings. The Labute approximate surface area is 158 Å². The number of benzene rings is 1. The number of H-pyrrole nitrogens is 1. The first-order valence-electron chi connectivity index (χ1n) is 9.00. The normalized spacial score (nSPS) is 10.6. The second-order valence-electron chi connectivity index (χ2n) is 6.38. The van der Waals surface area contributed by atoms with Crippen molar-refractivity contribution >= 4 is 11.7 Å². The molecule has 0 spiro atoms. The number of hydrogen-bond acceptors (Lipinski definition) is 5. The van der Waals surface area contributed by atoms with Gasteiger partial charge < -0.3 is 10.2 Å². The quantitative estimate of drug-likeness (QED) is 0.673. The molecule has 0 aliphatic carbocycles. The van der Waals surface area contributed by atoms with Crippen LogP contribution in [0.1, 0.15) is 35.1 Å². The third-order valence-electron chi connectivity index (χ3n) is 4.26. The molecule has 0 radical (unpaired) electrons. The van der Waals surface area contributed by atoms with Gasteiger partial charge in [0.05, 0.1) is 17.9 Å². The minimum Gasteiger partial charge on any atom is -0.371 e. The summed E-state index contributed by atoms with van der Waals surface area (Å²) in [6, 6.07) is 9.46. The van der Waals surface area contributed by atoms with E-state index in [0.717, 1.165) is 35.5 Å². The lowest BCUT2D eigenvalue weighted by Gasteiger charge is -2.17. The number of rotatable bonds is 7. The van der Waals surface area contributed by atoms with E-state index in [1.54, 1.807) is 31.4 Å². The van der Waals surface area contributed by atoms with Crippen molar-refractivity contribution in [1.82, 2.24) is 25.1 Å². The van der Waals surface area contributed by atoms with Crippen LogP contribution in [-0.4, -0.2) is 45.1 Å². The third kappa shape index (κ3) is 4.31. The lowest BCUT2D eigenvalue weighted by atomic mass is 10.1. The summed E-state index contributed by atoms with van der Waals surface area (Å²) in [5.74, 6) is 0.620. The van der Waals surface area contributed by atoms with Gasteiger partial charge in [0.15, 0.2) is 5.82 Å². The Morgan fingerprint density at radius 1 is 1.22 bits per heavy atom. The molecule has 0 unspecified atom stereocenters. The fraction of sp³-hybridized carbons (Fsp3) is 0.300. The van der Waals surface area contributed by atoms with Crippen LogP contribution >= 0.6 is 0 Å². The minimum atomic E-state index is -0.0570. The first-order valence-corrected chi connectivity index (χ1v) is 9.00. The van der Waals surface area contributed by atoms with Crippen molar-refractivity contribution < 1.29 is 4.79 Å². The number of nitrogens with zero attached hydrogens (tertiary/aromatic N) is 4. The monoisotopic (exact) mass is 364 g/mol. The lowest BCUT2D eigenvalue weighted by molar-refractivity contribution is 0.0783. The van der Waals surface area contributed by atoms with Crippen molar-refractivity contribution in [2.75, 3.05) is 19.4 Å². The average Bonchev–Trinajstić information content (AvgIpc) is 3.14. The van der Waals surface area contributed by atoms with Gasteiger partial charge in [0.1, 0.15) is 5.69 Å². The van der Waals surface area contributed by atoms with Gasteiger partial charge in [-0.2, -0.15) is 5.10 Å². The van der Waals surface area contributed by atoms with Gasteiger partial charge in [-0.3, -0.25) is 14.9 Å². The molecular formula is C20H24N6O. The highest BCUT2D eigenvalue weighted by atomic mass is 16.2. The molecule has 1 aromatic carbocycles. The van der Waals surface area contributed by atoms with Crippen molar-refractivity contribution in [1.29, 1.82) is 0 Å². The van der Waals surface area contributed by atoms with E-state index >= 15 is 0 Å². The van der Waals surface area contributed by atoms with Gasteiger partial charge in [-0.05, 0) is 24.6 Å². The molecule has 0 bridgehead atoms. The zero-order valence-electron chi connectivity index (χ0n) is 15.9. The smallest absolute Gasteiger partial charge is 0.253 e. The molecular weight excluding hydrogens is 340 g/mol. The van der Waals surface area contributed by atoms with E-state index in [9.17, 15) is 4.79 Å². The van der Waals surface area contributed by atoms with Gasteiger partial charge in [0, 0.05) is 37.6 Å². The molecule has 2 heterocycles. The molecule has 2 aromatic heterocycles. The number of nitrogens with one attached hydrogen (secondary N) is 2. The SMILES string of the molecule is CCCc1cc(CN(C)C(=O)c2cccc(-c3nccnc3NC)c2)[nH]n1. The molecule has 27 heavy (non-hydrogen) atoms. The van der Waals surface area contributed by atoms with E-state index in [4.69, 9.17) is 0 Å². The lowest BCUT2D eigenvalue weighted by Crippen LogP contribution is -2.26. The number of carbonyl (C=O) groups excluding carboxylic acids is 1. The van der Waals surface area contributed by atoms with E-state index < -0.39 is 0 Å². The molecule has 2 N–H and O–H groups in total. The molecule has 0 saturated heterocycles. The highest BCUT2D eigenvalue weighted by Gasteiger charge is 2.15. The van der Waals surface area contributed by atoms with Gasteiger partial charge in [-0.15, -0.1) is 0 Å². The molecule has 1 amide bonds. The van der Waals surface area contributed by atoms with E-state index in [1.807, 2.05) is 30.3 Å². The van der Waals surface area contributed by atoms with E-state index in [1.165, 1.54) is 0 Å². The largest absolute Gasteiger partial charge is 0.371 e. The number of aromatic nitrogens is 4. The Morgan fingerprint density at radius 2 is 2.04 bits per heavy atom. The van der Waals surface area contributed by atoms with E-state index in [2.05, 4.69) is 32.4 Å². The Hall–Kier alpha value is -3.22. The van der Waals surface area contributed by atoms with Gasteiger partial charge in [0.2, 0.25) is 0 Å². The van der Waals surface area contributed by atoms with Crippen molar-refractivity contribution in [2.24, 2.45) is 0 Å². The van der Waals surface area contributed by atoms with Gasteiger partial charge in [-0.25, -0.2) is 4.98 Å². The summed E-state index contributed by atoms with van der Waals surface area (Å²) >= 11 is 0. The summed E-state index contributed by atoms with van der Waals surface area (Å²) in [6.45, 7) is 2.60. The summed E-state index contributed by atoms with van der Waals surface area (Å²) in [4.78, 5) is 23.2. The summed E-state index contributed by atoms with van der Waals surface area (Å²) in [5.41, 5.74) is 4.12. The highest BCUT2D eigenvalue weighted by molar-refractivity contribution is 5.95. The molecule has 7 nitrogen and oxygen atoms in total. The summed E-state index contributed by atoms with van der Waals surface area (Å²) < 4.78 is 0. The molecule has 0 aliphatic heterocycles. The standard InChI is InChI=1S/C20H24N6O/c1-4-6-16-12-17(25-24-16)13-26(3)20(27)15-8-5-7-14(11-15)18-19(21-2)23-10-9-22-18/h5,7-12H,4,6,13H2,1-3H3,(H,21,23)(H,24,25). The molecule has 0 fully saturated rings. The Bertz CT molecular complexity index is 920. The van der Waals surface area contributed by atoms with Crippen LogP contribution in [0.2, 0.25) is 0 Å². The van der Waals surface area contributed by atoms with Crippen molar-refractivity contribution in [3.63, 3.8) is 0 Å². The number of hydrogen-bond donors (Lipinski definition) is 2. The predicted molar refractivity (Wildman–Crippen MR) is 105 cm³/mol. The fourth-order valence-electron chi connectivity index (χ4n) is 2.95. The molecule has 0 atom stereocenters. The van der Waals surface area contributed by atoms with Crippen molar-refractivity contribution in [3.8, 4) is 11.3 Å². The third-order valence-corrected chi connectivity index (χ3v) is 4.26. The Balaban J connectivity index is 1.78. The van der Waals surface area contributed by atoms with Crippen LogP contribution in [0.25, 0.3) is 11.3 Å². The van der Waals surface area contributed by atoms with Gasteiger partial charge >= 0.3 is 0 Å². The number of aryl methyl sites for hydroxylation is 1. The van der Waals surface area contributed by atoms with E-state index in [-0.39, 0.29) is 5.91 Å². The zero-order valence-corrected chi connectivity index (χ0v) is 15.9. The van der Waals surface area contributed by atoms with Crippen LogP contribution in [0, 0.1) is 0 Å². The number of aromatic amines is 1. The van der Waals surface area contributed by atoms with Crippen LogP contribution in [0.3, 0.4) is 0 Å². The van der Waals surface area contributed by atoms with Crippen LogP contribution in [0.4, 0.5) is 5.82 Å². The topological polar surface area (TPSA) is 86.8 Å². The average molecular weight is 364 g/mol. The maximum atomic E-state index is 12.9. The molecule has 140 valence electrons. The number of amides is 1. The minimum absolute atomic E-state index is 0.0570. The van der Waals surface area contributed by atoms with E-state index in [0.29, 0.717) is 17.9 Å².